The van der Waals surface area contributed by atoms with Crippen molar-refractivity contribution in [1.29, 1.82) is 0 Å². The van der Waals surface area contributed by atoms with Crippen LogP contribution in [0, 0.1) is 0 Å². The fraction of sp³-hybridized carbons (Fsp3) is 0.214. The van der Waals surface area contributed by atoms with Crippen molar-refractivity contribution in [3.8, 4) is 0 Å². The molecule has 3 N–H and O–H groups in total. The van der Waals surface area contributed by atoms with Crippen LogP contribution in [0.25, 0.3) is 11.0 Å². The summed E-state index contributed by atoms with van der Waals surface area (Å²) in [6.45, 7) is 1.59. The molecule has 2 aromatic heterocycles. The maximum absolute atomic E-state index is 13.0. The van der Waals surface area contributed by atoms with E-state index < -0.39 is 10.8 Å². The Hall–Kier alpha value is -2.03. The molecule has 1 unspecified atom stereocenters. The Bertz CT molecular complexity index is 923. The number of benzene rings is 1. The summed E-state index contributed by atoms with van der Waals surface area (Å²) in [5, 5.41) is 9.14. The van der Waals surface area contributed by atoms with Crippen molar-refractivity contribution < 1.29 is 4.21 Å². The number of nitrogens with one attached hydrogen (secondary N) is 1. The van der Waals surface area contributed by atoms with Gasteiger partial charge in [-0.25, -0.2) is 18.9 Å². The number of nitrogens with two attached hydrogens (primary N) is 1. The largest absolute Gasteiger partial charge is 0.383 e. The summed E-state index contributed by atoms with van der Waals surface area (Å²) in [6, 6.07) is 7.07. The average molecular weight is 349 g/mol. The van der Waals surface area contributed by atoms with Crippen molar-refractivity contribution >= 4 is 39.3 Å². The van der Waals surface area contributed by atoms with Crippen LogP contribution in [0.2, 0.25) is 5.02 Å². The molecule has 1 aliphatic rings. The van der Waals surface area contributed by atoms with E-state index in [1.165, 1.54) is 6.33 Å². The minimum atomic E-state index is -1.51. The van der Waals surface area contributed by atoms with Gasteiger partial charge in [0.05, 0.1) is 11.4 Å². The van der Waals surface area contributed by atoms with Crippen LogP contribution in [0.5, 0.6) is 0 Å². The van der Waals surface area contributed by atoms with Gasteiger partial charge < -0.3 is 11.1 Å². The molecule has 3 aromatic rings. The van der Waals surface area contributed by atoms with Crippen LogP contribution in [0.1, 0.15) is 6.04 Å². The van der Waals surface area contributed by atoms with Gasteiger partial charge in [0.25, 0.3) is 0 Å². The molecule has 1 aromatic carbocycles. The Morgan fingerprint density at radius 3 is 2.87 bits per heavy atom. The lowest BCUT2D eigenvalue weighted by Crippen LogP contribution is -2.43. The number of fused-ring (bicyclic) bond motifs is 1. The van der Waals surface area contributed by atoms with Gasteiger partial charge in [0.15, 0.2) is 10.7 Å². The molecule has 0 saturated carbocycles. The third-order valence-corrected chi connectivity index (χ3v) is 5.33. The average Bonchev–Trinajstić information content (AvgIpc) is 2.86. The van der Waals surface area contributed by atoms with Crippen LogP contribution in [-0.4, -0.2) is 37.0 Å². The molecule has 0 bridgehead atoms. The van der Waals surface area contributed by atoms with E-state index in [1.54, 1.807) is 28.9 Å². The van der Waals surface area contributed by atoms with Crippen molar-refractivity contribution in [1.82, 2.24) is 25.1 Å². The Morgan fingerprint density at radius 2 is 2.17 bits per heavy atom. The first-order valence-electron chi connectivity index (χ1n) is 7.02. The van der Waals surface area contributed by atoms with Crippen LogP contribution < -0.4 is 11.1 Å². The molecule has 118 valence electrons. The third-order valence-electron chi connectivity index (χ3n) is 3.78. The van der Waals surface area contributed by atoms with Crippen LogP contribution in [0.4, 0.5) is 5.82 Å². The highest BCUT2D eigenvalue weighted by Gasteiger charge is 2.27. The highest BCUT2D eigenvalue weighted by Crippen LogP contribution is 2.30. The fourth-order valence-corrected chi connectivity index (χ4v) is 3.95. The molecule has 23 heavy (non-hydrogen) atoms. The van der Waals surface area contributed by atoms with Gasteiger partial charge in [-0.2, -0.15) is 5.10 Å². The molecule has 4 rings (SSSR count). The second kappa shape index (κ2) is 5.55. The summed E-state index contributed by atoms with van der Waals surface area (Å²) >= 11 is 6.00. The molecule has 9 heteroatoms. The zero-order valence-electron chi connectivity index (χ0n) is 11.9. The molecular formula is C14H13ClN6OS. The fourth-order valence-electron chi connectivity index (χ4n) is 2.49. The zero-order valence-corrected chi connectivity index (χ0v) is 13.5. The second-order valence-electron chi connectivity index (χ2n) is 5.25. The number of rotatable bonds is 3. The Kier molecular flexibility index (Phi) is 3.51. The van der Waals surface area contributed by atoms with E-state index in [9.17, 15) is 4.21 Å². The minimum Gasteiger partial charge on any atom is -0.383 e. The number of hydrogen-bond acceptors (Lipinski definition) is 6. The summed E-state index contributed by atoms with van der Waals surface area (Å²) in [6.07, 6.45) is 1.40. The SMILES string of the molecule is Nc1ncnc2c1c(S(=O)c1cccc(Cl)c1)nn2C1CNC1. The van der Waals surface area contributed by atoms with E-state index in [2.05, 4.69) is 20.4 Å². The number of nitrogens with zero attached hydrogens (tertiary/aromatic N) is 4. The van der Waals surface area contributed by atoms with Crippen LogP contribution >= 0.6 is 11.6 Å². The molecule has 1 atom stereocenters. The molecule has 1 saturated heterocycles. The summed E-state index contributed by atoms with van der Waals surface area (Å²) in [4.78, 5) is 8.86. The topological polar surface area (TPSA) is 98.7 Å². The molecule has 0 amide bonds. The predicted molar refractivity (Wildman–Crippen MR) is 87.8 cm³/mol. The molecular weight excluding hydrogens is 336 g/mol. The Morgan fingerprint density at radius 1 is 1.35 bits per heavy atom. The van der Waals surface area contributed by atoms with Gasteiger partial charge >= 0.3 is 0 Å². The smallest absolute Gasteiger partial charge is 0.167 e. The molecule has 0 spiro atoms. The van der Waals surface area contributed by atoms with E-state index in [0.29, 0.717) is 26.0 Å². The van der Waals surface area contributed by atoms with E-state index in [0.717, 1.165) is 13.1 Å². The van der Waals surface area contributed by atoms with E-state index in [-0.39, 0.29) is 11.9 Å². The van der Waals surface area contributed by atoms with Gasteiger partial charge in [0, 0.05) is 23.0 Å². The summed E-state index contributed by atoms with van der Waals surface area (Å²) in [7, 11) is -1.51. The molecule has 7 nitrogen and oxygen atoms in total. The monoisotopic (exact) mass is 348 g/mol. The van der Waals surface area contributed by atoms with Crippen LogP contribution in [0.15, 0.2) is 40.5 Å². The molecule has 1 fully saturated rings. The number of nitrogen functional groups attached to an aromatic ring is 1. The standard InChI is InChI=1S/C14H13ClN6OS/c15-8-2-1-3-10(4-8)23(22)14-11-12(16)18-7-19-13(11)21(20-14)9-5-17-6-9/h1-4,7,9,17H,5-6H2,(H2,16,18,19). The van der Waals surface area contributed by atoms with Crippen LogP contribution in [0.3, 0.4) is 0 Å². The molecule has 3 heterocycles. The first-order valence-corrected chi connectivity index (χ1v) is 8.54. The highest BCUT2D eigenvalue weighted by atomic mass is 35.5. The van der Waals surface area contributed by atoms with Crippen molar-refractivity contribution in [2.45, 2.75) is 16.0 Å². The second-order valence-corrected chi connectivity index (χ2v) is 7.08. The maximum Gasteiger partial charge on any atom is 0.167 e. The van der Waals surface area contributed by atoms with Crippen molar-refractivity contribution in [2.75, 3.05) is 18.8 Å². The lowest BCUT2D eigenvalue weighted by molar-refractivity contribution is 0.321. The first kappa shape index (κ1) is 14.6. The van der Waals surface area contributed by atoms with Gasteiger partial charge in [0.1, 0.15) is 22.9 Å². The minimum absolute atomic E-state index is 0.178. The van der Waals surface area contributed by atoms with Gasteiger partial charge in [0.2, 0.25) is 0 Å². The predicted octanol–water partition coefficient (Wildman–Crippen LogP) is 1.37. The van der Waals surface area contributed by atoms with Gasteiger partial charge in [-0.3, -0.25) is 0 Å². The maximum atomic E-state index is 13.0. The Balaban J connectivity index is 1.91. The van der Waals surface area contributed by atoms with E-state index >= 15 is 0 Å². The number of halogens is 1. The number of anilines is 1. The van der Waals surface area contributed by atoms with Crippen molar-refractivity contribution in [2.24, 2.45) is 0 Å². The normalized spacial score (nSPS) is 16.4. The summed E-state index contributed by atoms with van der Waals surface area (Å²) in [5.74, 6) is 0.277. The molecule has 0 radical (unpaired) electrons. The van der Waals surface area contributed by atoms with Gasteiger partial charge in [-0.15, -0.1) is 0 Å². The number of hydrogen-bond donors (Lipinski definition) is 2. The summed E-state index contributed by atoms with van der Waals surface area (Å²) < 4.78 is 14.7. The van der Waals surface area contributed by atoms with E-state index in [4.69, 9.17) is 17.3 Å². The lowest BCUT2D eigenvalue weighted by atomic mass is 10.2. The number of aromatic nitrogens is 4. The Labute approximate surface area is 139 Å². The highest BCUT2D eigenvalue weighted by molar-refractivity contribution is 7.85. The first-order chi connectivity index (χ1) is 11.1. The zero-order chi connectivity index (χ0) is 16.0. The lowest BCUT2D eigenvalue weighted by Gasteiger charge is -2.27. The van der Waals surface area contributed by atoms with Crippen molar-refractivity contribution in [3.05, 3.63) is 35.6 Å². The third kappa shape index (κ3) is 2.39. The van der Waals surface area contributed by atoms with Gasteiger partial charge in [-0.05, 0) is 18.2 Å². The molecule has 1 aliphatic heterocycles. The van der Waals surface area contributed by atoms with Crippen molar-refractivity contribution in [3.63, 3.8) is 0 Å². The molecule has 0 aliphatic carbocycles. The quantitative estimate of drug-likeness (QED) is 0.741. The van der Waals surface area contributed by atoms with Crippen LogP contribution in [-0.2, 0) is 10.8 Å². The van der Waals surface area contributed by atoms with E-state index in [1.807, 2.05) is 0 Å². The summed E-state index contributed by atoms with van der Waals surface area (Å²) in [5.41, 5.74) is 6.60. The van der Waals surface area contributed by atoms with Gasteiger partial charge in [-0.1, -0.05) is 17.7 Å².